The van der Waals surface area contributed by atoms with Gasteiger partial charge in [0.2, 0.25) is 0 Å². The van der Waals surface area contributed by atoms with Gasteiger partial charge in [-0.15, -0.1) is 11.3 Å². The van der Waals surface area contributed by atoms with Crippen molar-refractivity contribution in [3.05, 3.63) is 57.8 Å². The first kappa shape index (κ1) is 17.2. The molecule has 2 aromatic rings. The Morgan fingerprint density at radius 1 is 1.29 bits per heavy atom. The van der Waals surface area contributed by atoms with E-state index < -0.39 is 17.3 Å². The summed E-state index contributed by atoms with van der Waals surface area (Å²) in [6.07, 6.45) is 0. The van der Waals surface area contributed by atoms with Gasteiger partial charge in [-0.2, -0.15) is 5.26 Å². The highest BCUT2D eigenvalue weighted by Gasteiger charge is 2.17. The first-order valence-corrected chi connectivity index (χ1v) is 7.90. The summed E-state index contributed by atoms with van der Waals surface area (Å²) >= 11 is 1.33. The number of amides is 1. The lowest BCUT2D eigenvalue weighted by atomic mass is 10.1. The van der Waals surface area contributed by atoms with Gasteiger partial charge in [-0.25, -0.2) is 4.79 Å². The molecule has 0 aliphatic carbocycles. The molecule has 0 aliphatic rings. The fourth-order valence-electron chi connectivity index (χ4n) is 1.85. The standard InChI is InChI=1S/C17H14N2O4S/c1-2-23-17(22)13(10-18)15(20)11-5-7-12(8-6-11)19-16(21)14-4-3-9-24-14/h3-9,20H,2H2,1H3,(H,19,21)/b15-13+. The average molecular weight is 342 g/mol. The molecule has 122 valence electrons. The summed E-state index contributed by atoms with van der Waals surface area (Å²) < 4.78 is 4.72. The Labute approximate surface area is 142 Å². The van der Waals surface area contributed by atoms with Gasteiger partial charge in [-0.05, 0) is 42.6 Å². The maximum atomic E-state index is 11.9. The molecule has 0 aliphatic heterocycles. The molecule has 0 saturated carbocycles. The molecule has 1 heterocycles. The molecule has 1 aromatic heterocycles. The maximum absolute atomic E-state index is 11.9. The highest BCUT2D eigenvalue weighted by molar-refractivity contribution is 7.12. The number of thiophene rings is 1. The third-order valence-electron chi connectivity index (χ3n) is 2.99. The molecule has 0 spiro atoms. The SMILES string of the molecule is CCOC(=O)/C(C#N)=C(/O)c1ccc(NC(=O)c2cccs2)cc1. The van der Waals surface area contributed by atoms with Crippen molar-refractivity contribution < 1.29 is 19.4 Å². The summed E-state index contributed by atoms with van der Waals surface area (Å²) in [6.45, 7) is 1.71. The number of ether oxygens (including phenoxy) is 1. The van der Waals surface area contributed by atoms with Gasteiger partial charge in [0.05, 0.1) is 11.5 Å². The minimum Gasteiger partial charge on any atom is -0.506 e. The van der Waals surface area contributed by atoms with Crippen LogP contribution in [0.1, 0.15) is 22.2 Å². The van der Waals surface area contributed by atoms with Gasteiger partial charge in [0.1, 0.15) is 11.8 Å². The fraction of sp³-hybridized carbons (Fsp3) is 0.118. The number of rotatable bonds is 5. The number of benzene rings is 1. The molecular formula is C17H14N2O4S. The van der Waals surface area contributed by atoms with E-state index in [1.54, 1.807) is 42.6 Å². The summed E-state index contributed by atoms with van der Waals surface area (Å²) in [7, 11) is 0. The molecule has 0 radical (unpaired) electrons. The van der Waals surface area contributed by atoms with Crippen LogP contribution in [-0.4, -0.2) is 23.6 Å². The van der Waals surface area contributed by atoms with Gasteiger partial charge < -0.3 is 15.2 Å². The van der Waals surface area contributed by atoms with Gasteiger partial charge in [0, 0.05) is 11.3 Å². The number of nitrogens with one attached hydrogen (secondary N) is 1. The van der Waals surface area contributed by atoms with Crippen LogP contribution in [0.2, 0.25) is 0 Å². The van der Waals surface area contributed by atoms with Gasteiger partial charge in [-0.1, -0.05) is 6.07 Å². The number of carbonyl (C=O) groups excluding carboxylic acids is 2. The van der Waals surface area contributed by atoms with Crippen LogP contribution >= 0.6 is 11.3 Å². The number of anilines is 1. The first-order chi connectivity index (χ1) is 11.6. The molecule has 2 N–H and O–H groups in total. The van der Waals surface area contributed by atoms with Crippen molar-refractivity contribution in [2.45, 2.75) is 6.92 Å². The van der Waals surface area contributed by atoms with E-state index in [0.717, 1.165) is 0 Å². The smallest absolute Gasteiger partial charge is 0.352 e. The summed E-state index contributed by atoms with van der Waals surface area (Å²) in [5.74, 6) is -1.58. The zero-order chi connectivity index (χ0) is 17.5. The Bertz CT molecular complexity index is 802. The highest BCUT2D eigenvalue weighted by atomic mass is 32.1. The zero-order valence-corrected chi connectivity index (χ0v) is 13.6. The number of hydrogen-bond donors (Lipinski definition) is 2. The van der Waals surface area contributed by atoms with Crippen LogP contribution in [0.4, 0.5) is 5.69 Å². The van der Waals surface area contributed by atoms with Crippen LogP contribution in [0.5, 0.6) is 0 Å². The van der Waals surface area contributed by atoms with E-state index in [9.17, 15) is 14.7 Å². The van der Waals surface area contributed by atoms with E-state index in [2.05, 4.69) is 5.32 Å². The number of carbonyl (C=O) groups is 2. The van der Waals surface area contributed by atoms with E-state index in [1.165, 1.54) is 23.5 Å². The molecule has 2 rings (SSSR count). The Hall–Kier alpha value is -3.11. The number of nitrogens with zero attached hydrogens (tertiary/aromatic N) is 1. The summed E-state index contributed by atoms with van der Waals surface area (Å²) in [5, 5.41) is 23.6. The number of nitriles is 1. The van der Waals surface area contributed by atoms with E-state index in [1.807, 2.05) is 0 Å². The van der Waals surface area contributed by atoms with Crippen molar-refractivity contribution in [3.63, 3.8) is 0 Å². The molecule has 24 heavy (non-hydrogen) atoms. The van der Waals surface area contributed by atoms with Crippen molar-refractivity contribution in [1.82, 2.24) is 0 Å². The van der Waals surface area contributed by atoms with Gasteiger partial charge in [0.25, 0.3) is 5.91 Å². The zero-order valence-electron chi connectivity index (χ0n) is 12.8. The van der Waals surface area contributed by atoms with Gasteiger partial charge in [-0.3, -0.25) is 4.79 Å². The summed E-state index contributed by atoms with van der Waals surface area (Å²) in [4.78, 5) is 24.1. The Kier molecular flexibility index (Phi) is 5.71. The third kappa shape index (κ3) is 4.00. The van der Waals surface area contributed by atoms with Crippen LogP contribution in [0.3, 0.4) is 0 Å². The quantitative estimate of drug-likeness (QED) is 0.376. The number of esters is 1. The molecule has 1 amide bonds. The highest BCUT2D eigenvalue weighted by Crippen LogP contribution is 2.20. The summed E-state index contributed by atoms with van der Waals surface area (Å²) in [5.41, 5.74) is 0.334. The van der Waals surface area contributed by atoms with Crippen molar-refractivity contribution in [2.75, 3.05) is 11.9 Å². The topological polar surface area (TPSA) is 99.4 Å². The van der Waals surface area contributed by atoms with Gasteiger partial charge in [0.15, 0.2) is 5.57 Å². The molecule has 0 fully saturated rings. The molecule has 1 aromatic carbocycles. The van der Waals surface area contributed by atoms with E-state index in [-0.39, 0.29) is 18.1 Å². The van der Waals surface area contributed by atoms with Crippen LogP contribution < -0.4 is 5.32 Å². The minimum atomic E-state index is -0.882. The van der Waals surface area contributed by atoms with Crippen LogP contribution in [0.15, 0.2) is 47.4 Å². The van der Waals surface area contributed by atoms with Crippen molar-refractivity contribution in [3.8, 4) is 6.07 Å². The molecule has 0 bridgehead atoms. The monoisotopic (exact) mass is 342 g/mol. The second-order valence-electron chi connectivity index (χ2n) is 4.56. The van der Waals surface area contributed by atoms with Crippen molar-refractivity contribution >= 4 is 34.7 Å². The molecule has 0 unspecified atom stereocenters. The molecule has 0 saturated heterocycles. The van der Waals surface area contributed by atoms with E-state index >= 15 is 0 Å². The van der Waals surface area contributed by atoms with Crippen molar-refractivity contribution in [2.24, 2.45) is 0 Å². The molecule has 0 atom stereocenters. The van der Waals surface area contributed by atoms with Gasteiger partial charge >= 0.3 is 5.97 Å². The molecule has 6 nitrogen and oxygen atoms in total. The Balaban J connectivity index is 2.18. The number of aliphatic hydroxyl groups excluding tert-OH is 1. The second kappa shape index (κ2) is 7.94. The summed E-state index contributed by atoms with van der Waals surface area (Å²) in [6, 6.07) is 11.3. The third-order valence-corrected chi connectivity index (χ3v) is 3.86. The van der Waals surface area contributed by atoms with Crippen LogP contribution in [-0.2, 0) is 9.53 Å². The normalized spacial score (nSPS) is 11.2. The van der Waals surface area contributed by atoms with Crippen LogP contribution in [0.25, 0.3) is 5.76 Å². The van der Waals surface area contributed by atoms with E-state index in [0.29, 0.717) is 10.6 Å². The lowest BCUT2D eigenvalue weighted by Crippen LogP contribution is -2.10. The molecular weight excluding hydrogens is 328 g/mol. The largest absolute Gasteiger partial charge is 0.506 e. The predicted octanol–water partition coefficient (Wildman–Crippen LogP) is 3.36. The number of aliphatic hydroxyl groups is 1. The van der Waals surface area contributed by atoms with E-state index in [4.69, 9.17) is 10.00 Å². The maximum Gasteiger partial charge on any atom is 0.352 e. The Morgan fingerprint density at radius 3 is 2.54 bits per heavy atom. The average Bonchev–Trinajstić information content (AvgIpc) is 3.11. The fourth-order valence-corrected chi connectivity index (χ4v) is 2.47. The second-order valence-corrected chi connectivity index (χ2v) is 5.51. The lowest BCUT2D eigenvalue weighted by molar-refractivity contribution is -0.138. The lowest BCUT2D eigenvalue weighted by Gasteiger charge is -2.07. The molecule has 7 heteroatoms. The number of hydrogen-bond acceptors (Lipinski definition) is 6. The van der Waals surface area contributed by atoms with Crippen LogP contribution in [0, 0.1) is 11.3 Å². The predicted molar refractivity (Wildman–Crippen MR) is 90.5 cm³/mol. The first-order valence-electron chi connectivity index (χ1n) is 7.02. The van der Waals surface area contributed by atoms with Crippen molar-refractivity contribution in [1.29, 1.82) is 5.26 Å². The Morgan fingerprint density at radius 2 is 2.00 bits per heavy atom. The minimum absolute atomic E-state index is 0.102.